The topological polar surface area (TPSA) is 119 Å². The lowest BCUT2D eigenvalue weighted by molar-refractivity contribution is -0.146. The molecule has 7 nitrogen and oxygen atoms in total. The summed E-state index contributed by atoms with van der Waals surface area (Å²) in [7, 11) is -4.49. The van der Waals surface area contributed by atoms with Gasteiger partial charge >= 0.3 is 13.8 Å². The second-order valence-electron chi connectivity index (χ2n) is 3.74. The molecule has 0 aliphatic carbocycles. The first-order valence-corrected chi connectivity index (χ1v) is 6.37. The summed E-state index contributed by atoms with van der Waals surface area (Å²) in [5, 5.41) is 0. The maximum absolute atomic E-state index is 11.2. The maximum Gasteiger partial charge on any atom is 0.469 e. The van der Waals surface area contributed by atoms with Gasteiger partial charge in [-0.25, -0.2) is 4.57 Å². The molecule has 0 spiro atoms. The Morgan fingerprint density at radius 1 is 1.44 bits per heavy atom. The van der Waals surface area contributed by atoms with Crippen LogP contribution in [0.5, 0.6) is 0 Å². The number of carbonyl (C=O) groups is 1. The van der Waals surface area contributed by atoms with Gasteiger partial charge in [0.2, 0.25) is 0 Å². The Labute approximate surface area is 94.2 Å². The zero-order valence-electron chi connectivity index (χ0n) is 9.33. The van der Waals surface area contributed by atoms with Crippen molar-refractivity contribution in [2.45, 2.75) is 26.3 Å². The summed E-state index contributed by atoms with van der Waals surface area (Å²) in [6.45, 7) is 3.75. The van der Waals surface area contributed by atoms with Gasteiger partial charge < -0.3 is 20.3 Å². The van der Waals surface area contributed by atoms with Crippen LogP contribution >= 0.6 is 7.82 Å². The highest BCUT2D eigenvalue weighted by Gasteiger charge is 2.18. The van der Waals surface area contributed by atoms with Crippen molar-refractivity contribution in [3.05, 3.63) is 0 Å². The fraction of sp³-hybridized carbons (Fsp3) is 0.875. The average molecular weight is 255 g/mol. The third-order valence-electron chi connectivity index (χ3n) is 1.55. The molecule has 0 rings (SSSR count). The van der Waals surface area contributed by atoms with Gasteiger partial charge in [-0.2, -0.15) is 0 Å². The molecule has 96 valence electrons. The van der Waals surface area contributed by atoms with Gasteiger partial charge in [0.1, 0.15) is 6.04 Å². The number of carbonyl (C=O) groups excluding carboxylic acids is 1. The van der Waals surface area contributed by atoms with Crippen LogP contribution in [0.4, 0.5) is 0 Å². The van der Waals surface area contributed by atoms with Gasteiger partial charge in [-0.15, -0.1) is 0 Å². The molecular weight excluding hydrogens is 237 g/mol. The highest BCUT2D eigenvalue weighted by Crippen LogP contribution is 2.35. The Balaban J connectivity index is 3.75. The summed E-state index contributed by atoms with van der Waals surface area (Å²) < 4.78 is 19.3. The lowest BCUT2D eigenvalue weighted by Gasteiger charge is -2.13. The molecule has 4 N–H and O–H groups in total. The van der Waals surface area contributed by atoms with E-state index in [0.717, 1.165) is 0 Å². The van der Waals surface area contributed by atoms with Crippen LogP contribution < -0.4 is 5.73 Å². The third kappa shape index (κ3) is 8.82. The van der Waals surface area contributed by atoms with Crippen LogP contribution in [-0.4, -0.2) is 35.0 Å². The summed E-state index contributed by atoms with van der Waals surface area (Å²) in [4.78, 5) is 28.0. The summed E-state index contributed by atoms with van der Waals surface area (Å²) in [6.07, 6.45) is 0.00202. The summed E-state index contributed by atoms with van der Waals surface area (Å²) in [5.41, 5.74) is 5.43. The molecular formula is C8H18NO6P. The number of nitrogens with two attached hydrogens (primary N) is 1. The van der Waals surface area contributed by atoms with Crippen LogP contribution in [0.2, 0.25) is 0 Å². The first kappa shape index (κ1) is 15.5. The van der Waals surface area contributed by atoms with Crippen LogP contribution in [0.15, 0.2) is 0 Å². The van der Waals surface area contributed by atoms with Gasteiger partial charge in [0, 0.05) is 0 Å². The normalized spacial score (nSPS) is 13.9. The Morgan fingerprint density at radius 2 is 2.00 bits per heavy atom. The van der Waals surface area contributed by atoms with E-state index in [2.05, 4.69) is 4.52 Å². The van der Waals surface area contributed by atoms with E-state index in [-0.39, 0.29) is 25.6 Å². The first-order chi connectivity index (χ1) is 7.22. The molecule has 0 saturated heterocycles. The largest absolute Gasteiger partial charge is 0.469 e. The standard InChI is InChI=1S/C8H18NO6P/c1-6(2)5-14-8(10)7(9)3-4-15-16(11,12)13/h6-7H,3-5,9H2,1-2H3,(H2,11,12,13)/t7-/m0/s1. The second-order valence-corrected chi connectivity index (χ2v) is 4.98. The molecule has 1 atom stereocenters. The molecule has 8 heteroatoms. The fourth-order valence-corrected chi connectivity index (χ4v) is 1.12. The quantitative estimate of drug-likeness (QED) is 0.433. The van der Waals surface area contributed by atoms with Gasteiger partial charge in [0.05, 0.1) is 13.2 Å². The SMILES string of the molecule is CC(C)COC(=O)[C@@H](N)CCOP(=O)(O)O. The van der Waals surface area contributed by atoms with Crippen molar-refractivity contribution in [2.75, 3.05) is 13.2 Å². The predicted molar refractivity (Wildman–Crippen MR) is 56.4 cm³/mol. The Bertz CT molecular complexity index is 263. The molecule has 0 aromatic rings. The molecule has 0 fully saturated rings. The van der Waals surface area contributed by atoms with Crippen LogP contribution in [0, 0.1) is 5.92 Å². The Kier molecular flexibility index (Phi) is 6.78. The van der Waals surface area contributed by atoms with Crippen molar-refractivity contribution >= 4 is 13.8 Å². The van der Waals surface area contributed by atoms with Crippen LogP contribution in [-0.2, 0) is 18.6 Å². The number of ether oxygens (including phenoxy) is 1. The summed E-state index contributed by atoms with van der Waals surface area (Å²) >= 11 is 0. The minimum Gasteiger partial charge on any atom is -0.464 e. The van der Waals surface area contributed by atoms with Gasteiger partial charge in [-0.1, -0.05) is 13.8 Å². The number of hydrogen-bond acceptors (Lipinski definition) is 5. The average Bonchev–Trinajstić information content (AvgIpc) is 2.11. The Morgan fingerprint density at radius 3 is 2.44 bits per heavy atom. The predicted octanol–water partition coefficient (Wildman–Crippen LogP) is 0.0123. The number of phosphoric ester groups is 1. The molecule has 16 heavy (non-hydrogen) atoms. The molecule has 0 amide bonds. The minimum atomic E-state index is -4.49. The summed E-state index contributed by atoms with van der Waals surface area (Å²) in [6, 6.07) is -0.926. The zero-order valence-corrected chi connectivity index (χ0v) is 10.2. The second kappa shape index (κ2) is 6.98. The van der Waals surface area contributed by atoms with E-state index in [1.54, 1.807) is 0 Å². The van der Waals surface area contributed by atoms with Crippen molar-refractivity contribution in [3.8, 4) is 0 Å². The van der Waals surface area contributed by atoms with Crippen LogP contribution in [0.25, 0.3) is 0 Å². The van der Waals surface area contributed by atoms with E-state index >= 15 is 0 Å². The highest BCUT2D eigenvalue weighted by atomic mass is 31.2. The first-order valence-electron chi connectivity index (χ1n) is 4.84. The van der Waals surface area contributed by atoms with E-state index in [1.165, 1.54) is 0 Å². The monoisotopic (exact) mass is 255 g/mol. The van der Waals surface area contributed by atoms with E-state index in [9.17, 15) is 9.36 Å². The smallest absolute Gasteiger partial charge is 0.464 e. The van der Waals surface area contributed by atoms with E-state index in [4.69, 9.17) is 20.3 Å². The lowest BCUT2D eigenvalue weighted by atomic mass is 10.2. The Hall–Kier alpha value is -0.460. The van der Waals surface area contributed by atoms with Gasteiger partial charge in [0.15, 0.2) is 0 Å². The zero-order chi connectivity index (χ0) is 12.8. The number of hydrogen-bond donors (Lipinski definition) is 3. The molecule has 0 aromatic carbocycles. The number of phosphoric acid groups is 1. The van der Waals surface area contributed by atoms with Crippen LogP contribution in [0.1, 0.15) is 20.3 Å². The van der Waals surface area contributed by atoms with Gasteiger partial charge in [-0.05, 0) is 12.3 Å². The minimum absolute atomic E-state index is 0.00202. The fourth-order valence-electron chi connectivity index (χ4n) is 0.772. The molecule has 0 aliphatic heterocycles. The molecule has 0 heterocycles. The van der Waals surface area contributed by atoms with Crippen LogP contribution in [0.3, 0.4) is 0 Å². The highest BCUT2D eigenvalue weighted by molar-refractivity contribution is 7.46. The molecule has 0 saturated carbocycles. The van der Waals surface area contributed by atoms with Crippen molar-refractivity contribution < 1.29 is 28.4 Å². The summed E-state index contributed by atoms with van der Waals surface area (Å²) in [5.74, 6) is -0.384. The van der Waals surface area contributed by atoms with Crippen molar-refractivity contribution in [1.82, 2.24) is 0 Å². The molecule has 0 aromatic heterocycles. The van der Waals surface area contributed by atoms with E-state index < -0.39 is 19.8 Å². The molecule has 0 unspecified atom stereocenters. The lowest BCUT2D eigenvalue weighted by Crippen LogP contribution is -2.34. The van der Waals surface area contributed by atoms with E-state index in [0.29, 0.717) is 0 Å². The van der Waals surface area contributed by atoms with E-state index in [1.807, 2.05) is 13.8 Å². The van der Waals surface area contributed by atoms with Gasteiger partial charge in [0.25, 0.3) is 0 Å². The number of esters is 1. The molecule has 0 radical (unpaired) electrons. The molecule has 0 bridgehead atoms. The van der Waals surface area contributed by atoms with Crippen molar-refractivity contribution in [3.63, 3.8) is 0 Å². The molecule has 0 aliphatic rings. The maximum atomic E-state index is 11.2. The number of rotatable bonds is 7. The van der Waals surface area contributed by atoms with Gasteiger partial charge in [-0.3, -0.25) is 9.32 Å². The van der Waals surface area contributed by atoms with Crippen molar-refractivity contribution in [1.29, 1.82) is 0 Å². The van der Waals surface area contributed by atoms with Crippen molar-refractivity contribution in [2.24, 2.45) is 11.7 Å². The third-order valence-corrected chi connectivity index (χ3v) is 2.07.